The number of aromatic nitrogens is 1. The normalized spacial score (nSPS) is 9.78. The molecule has 0 radical (unpaired) electrons. The molecule has 0 fully saturated rings. The molecule has 0 saturated carbocycles. The molecule has 1 aromatic heterocycles. The average molecular weight is 242 g/mol. The van der Waals surface area contributed by atoms with Crippen LogP contribution in [0, 0.1) is 17.1 Å². The number of benzene rings is 1. The monoisotopic (exact) mass is 242 g/mol. The molecular formula is C13H7FN2O2. The Hall–Kier alpha value is -2.74. The van der Waals surface area contributed by atoms with E-state index >= 15 is 0 Å². The van der Waals surface area contributed by atoms with Crippen molar-refractivity contribution in [1.82, 2.24) is 4.98 Å². The zero-order valence-electron chi connectivity index (χ0n) is 9.09. The van der Waals surface area contributed by atoms with Gasteiger partial charge in [0.25, 0.3) is 0 Å². The second-order valence-electron chi connectivity index (χ2n) is 3.53. The van der Waals surface area contributed by atoms with E-state index in [1.807, 2.05) is 6.07 Å². The van der Waals surface area contributed by atoms with Crippen LogP contribution in [0.5, 0.6) is 0 Å². The van der Waals surface area contributed by atoms with Crippen molar-refractivity contribution in [2.24, 2.45) is 0 Å². The van der Waals surface area contributed by atoms with Crippen LogP contribution in [0.1, 0.15) is 15.9 Å². The van der Waals surface area contributed by atoms with Gasteiger partial charge in [-0.3, -0.25) is 4.98 Å². The van der Waals surface area contributed by atoms with Crippen molar-refractivity contribution < 1.29 is 14.3 Å². The summed E-state index contributed by atoms with van der Waals surface area (Å²) in [6.07, 6.45) is 2.59. The minimum atomic E-state index is -1.17. The van der Waals surface area contributed by atoms with Crippen molar-refractivity contribution in [2.75, 3.05) is 0 Å². The Morgan fingerprint density at radius 2 is 2.11 bits per heavy atom. The lowest BCUT2D eigenvalue weighted by molar-refractivity contribution is 0.0697. The lowest BCUT2D eigenvalue weighted by atomic mass is 10.00. The predicted molar refractivity (Wildman–Crippen MR) is 61.3 cm³/mol. The largest absolute Gasteiger partial charge is 0.478 e. The molecule has 2 rings (SSSR count). The van der Waals surface area contributed by atoms with Crippen LogP contribution in [-0.2, 0) is 0 Å². The fourth-order valence-electron chi connectivity index (χ4n) is 1.60. The third-order valence-electron chi connectivity index (χ3n) is 2.44. The SMILES string of the molecule is N#Cc1ccc(F)c(-c2cnccc2C(=O)O)c1. The molecule has 1 heterocycles. The van der Waals surface area contributed by atoms with E-state index < -0.39 is 11.8 Å². The number of rotatable bonds is 2. The molecule has 0 unspecified atom stereocenters. The van der Waals surface area contributed by atoms with E-state index in [1.54, 1.807) is 0 Å². The van der Waals surface area contributed by atoms with E-state index in [4.69, 9.17) is 10.4 Å². The number of aromatic carboxylic acids is 1. The van der Waals surface area contributed by atoms with Gasteiger partial charge < -0.3 is 5.11 Å². The highest BCUT2D eigenvalue weighted by Gasteiger charge is 2.15. The number of carbonyl (C=O) groups is 1. The molecule has 5 heteroatoms. The highest BCUT2D eigenvalue weighted by Crippen LogP contribution is 2.26. The number of pyridine rings is 1. The maximum atomic E-state index is 13.7. The molecule has 18 heavy (non-hydrogen) atoms. The quantitative estimate of drug-likeness (QED) is 0.877. The summed E-state index contributed by atoms with van der Waals surface area (Å²) in [4.78, 5) is 14.8. The summed E-state index contributed by atoms with van der Waals surface area (Å²) in [5, 5.41) is 17.8. The Labute approximate surface area is 102 Å². The first kappa shape index (κ1) is 11.7. The van der Waals surface area contributed by atoms with E-state index in [1.165, 1.54) is 30.6 Å². The van der Waals surface area contributed by atoms with Crippen LogP contribution < -0.4 is 0 Å². The van der Waals surface area contributed by atoms with Crippen molar-refractivity contribution >= 4 is 5.97 Å². The number of carboxylic acids is 1. The van der Waals surface area contributed by atoms with Gasteiger partial charge in [-0.05, 0) is 24.3 Å². The molecule has 0 spiro atoms. The average Bonchev–Trinajstić information content (AvgIpc) is 2.39. The van der Waals surface area contributed by atoms with Crippen LogP contribution in [0.4, 0.5) is 4.39 Å². The fourth-order valence-corrected chi connectivity index (χ4v) is 1.60. The molecule has 88 valence electrons. The Morgan fingerprint density at radius 3 is 2.78 bits per heavy atom. The lowest BCUT2D eigenvalue weighted by Gasteiger charge is -2.06. The molecule has 0 amide bonds. The molecule has 0 aliphatic heterocycles. The van der Waals surface area contributed by atoms with Crippen LogP contribution >= 0.6 is 0 Å². The van der Waals surface area contributed by atoms with Crippen LogP contribution in [0.15, 0.2) is 36.7 Å². The number of hydrogen-bond donors (Lipinski definition) is 1. The van der Waals surface area contributed by atoms with Crippen LogP contribution in [0.3, 0.4) is 0 Å². The van der Waals surface area contributed by atoms with Crippen molar-refractivity contribution in [3.63, 3.8) is 0 Å². The van der Waals surface area contributed by atoms with Gasteiger partial charge in [-0.25, -0.2) is 9.18 Å². The van der Waals surface area contributed by atoms with Gasteiger partial charge in [0.15, 0.2) is 0 Å². The summed E-state index contributed by atoms with van der Waals surface area (Å²) >= 11 is 0. The molecular weight excluding hydrogens is 235 g/mol. The van der Waals surface area contributed by atoms with Gasteiger partial charge in [-0.2, -0.15) is 5.26 Å². The summed E-state index contributed by atoms with van der Waals surface area (Å²) in [5.41, 5.74) is 0.407. The van der Waals surface area contributed by atoms with Crippen molar-refractivity contribution in [3.8, 4) is 17.2 Å². The van der Waals surface area contributed by atoms with E-state index in [9.17, 15) is 9.18 Å². The third kappa shape index (κ3) is 2.04. The second kappa shape index (κ2) is 4.63. The number of nitrogens with zero attached hydrogens (tertiary/aromatic N) is 2. The second-order valence-corrected chi connectivity index (χ2v) is 3.53. The van der Waals surface area contributed by atoms with Gasteiger partial charge in [0.1, 0.15) is 5.82 Å². The van der Waals surface area contributed by atoms with Crippen LogP contribution in [0.25, 0.3) is 11.1 Å². The summed E-state index contributed by atoms with van der Waals surface area (Å²) in [6.45, 7) is 0. The van der Waals surface area contributed by atoms with Gasteiger partial charge in [0.2, 0.25) is 0 Å². The number of carboxylic acid groups (broad SMARTS) is 1. The van der Waals surface area contributed by atoms with E-state index in [0.29, 0.717) is 0 Å². The van der Waals surface area contributed by atoms with Gasteiger partial charge >= 0.3 is 5.97 Å². The molecule has 0 atom stereocenters. The van der Waals surface area contributed by atoms with Crippen molar-refractivity contribution in [2.45, 2.75) is 0 Å². The topological polar surface area (TPSA) is 74.0 Å². The lowest BCUT2D eigenvalue weighted by Crippen LogP contribution is -2.01. The standard InChI is InChI=1S/C13H7FN2O2/c14-12-2-1-8(6-15)5-10(12)11-7-16-4-3-9(11)13(17)18/h1-5,7H,(H,17,18). The Balaban J connectivity index is 2.69. The highest BCUT2D eigenvalue weighted by atomic mass is 19.1. The van der Waals surface area contributed by atoms with Crippen molar-refractivity contribution in [1.29, 1.82) is 5.26 Å². The first-order valence-corrected chi connectivity index (χ1v) is 5.01. The predicted octanol–water partition coefficient (Wildman–Crippen LogP) is 2.46. The summed E-state index contributed by atoms with van der Waals surface area (Å²) in [6, 6.07) is 6.93. The third-order valence-corrected chi connectivity index (χ3v) is 2.44. The molecule has 0 bridgehead atoms. The Kier molecular flexibility index (Phi) is 3.02. The number of hydrogen-bond acceptors (Lipinski definition) is 3. The molecule has 0 saturated heterocycles. The molecule has 0 aliphatic rings. The number of halogens is 1. The van der Waals surface area contributed by atoms with Gasteiger partial charge in [0, 0.05) is 23.5 Å². The molecule has 0 aliphatic carbocycles. The highest BCUT2D eigenvalue weighted by molar-refractivity contribution is 5.95. The minimum absolute atomic E-state index is 0.0551. The van der Waals surface area contributed by atoms with Crippen LogP contribution in [-0.4, -0.2) is 16.1 Å². The first-order chi connectivity index (χ1) is 8.63. The van der Waals surface area contributed by atoms with Gasteiger partial charge in [-0.15, -0.1) is 0 Å². The first-order valence-electron chi connectivity index (χ1n) is 5.01. The van der Waals surface area contributed by atoms with E-state index in [-0.39, 0.29) is 22.3 Å². The zero-order valence-corrected chi connectivity index (χ0v) is 9.09. The molecule has 4 nitrogen and oxygen atoms in total. The summed E-state index contributed by atoms with van der Waals surface area (Å²) in [7, 11) is 0. The molecule has 1 N–H and O–H groups in total. The minimum Gasteiger partial charge on any atom is -0.478 e. The molecule has 2 aromatic rings. The van der Waals surface area contributed by atoms with E-state index in [0.717, 1.165) is 6.07 Å². The maximum Gasteiger partial charge on any atom is 0.336 e. The van der Waals surface area contributed by atoms with Gasteiger partial charge in [-0.1, -0.05) is 0 Å². The van der Waals surface area contributed by atoms with Crippen LogP contribution in [0.2, 0.25) is 0 Å². The van der Waals surface area contributed by atoms with E-state index in [2.05, 4.69) is 4.98 Å². The Bertz CT molecular complexity index is 662. The van der Waals surface area contributed by atoms with Crippen molar-refractivity contribution in [3.05, 3.63) is 53.6 Å². The summed E-state index contributed by atoms with van der Waals surface area (Å²) < 4.78 is 13.7. The zero-order chi connectivity index (χ0) is 13.1. The maximum absolute atomic E-state index is 13.7. The van der Waals surface area contributed by atoms with Gasteiger partial charge in [0.05, 0.1) is 17.2 Å². The number of nitriles is 1. The Morgan fingerprint density at radius 1 is 1.33 bits per heavy atom. The summed E-state index contributed by atoms with van der Waals surface area (Å²) in [5.74, 6) is -1.77. The smallest absolute Gasteiger partial charge is 0.336 e. The molecule has 1 aromatic carbocycles. The fraction of sp³-hybridized carbons (Fsp3) is 0.